The van der Waals surface area contributed by atoms with Gasteiger partial charge in [-0.05, 0) is 24.6 Å². The molecule has 0 atom stereocenters. The zero-order valence-corrected chi connectivity index (χ0v) is 9.34. The second-order valence-electron chi connectivity index (χ2n) is 3.62. The number of amides is 1. The first-order valence-corrected chi connectivity index (χ1v) is 4.90. The first-order chi connectivity index (χ1) is 8.20. The Balaban J connectivity index is 2.89. The predicted octanol–water partition coefficient (Wildman–Crippen LogP) is 2.58. The third-order valence-electron chi connectivity index (χ3n) is 2.20. The van der Waals surface area contributed by atoms with Gasteiger partial charge in [0.15, 0.2) is 0 Å². The van der Waals surface area contributed by atoms with Gasteiger partial charge in [0, 0.05) is 5.69 Å². The fraction of sp³-hybridized carbons (Fsp3) is 0.273. The van der Waals surface area contributed by atoms with Gasteiger partial charge in [0.2, 0.25) is 5.91 Å². The molecule has 4 nitrogen and oxygen atoms in total. The maximum Gasteiger partial charge on any atom is 0.397 e. The fourth-order valence-electron chi connectivity index (χ4n) is 1.38. The van der Waals surface area contributed by atoms with Gasteiger partial charge in [0.25, 0.3) is 0 Å². The molecule has 0 fully saturated rings. The molecular weight excluding hydrogens is 251 g/mol. The summed E-state index contributed by atoms with van der Waals surface area (Å²) in [4.78, 5) is 21.9. The molecule has 0 saturated heterocycles. The van der Waals surface area contributed by atoms with E-state index < -0.39 is 24.5 Å². The van der Waals surface area contributed by atoms with Crippen LogP contribution in [0.1, 0.15) is 22.3 Å². The number of rotatable bonds is 3. The maximum absolute atomic E-state index is 12.0. The third-order valence-corrected chi connectivity index (χ3v) is 2.20. The van der Waals surface area contributed by atoms with E-state index in [0.717, 1.165) is 0 Å². The molecule has 0 aliphatic heterocycles. The summed E-state index contributed by atoms with van der Waals surface area (Å²) >= 11 is 0. The number of benzene rings is 1. The number of carboxylic acid groups (broad SMARTS) is 1. The number of halogens is 3. The number of carbonyl (C=O) groups is 2. The Hall–Kier alpha value is -2.05. The average Bonchev–Trinajstić information content (AvgIpc) is 2.17. The van der Waals surface area contributed by atoms with Gasteiger partial charge in [-0.25, -0.2) is 4.79 Å². The van der Waals surface area contributed by atoms with Gasteiger partial charge in [-0.2, -0.15) is 13.2 Å². The summed E-state index contributed by atoms with van der Waals surface area (Å²) in [5.74, 6) is -2.44. The Morgan fingerprint density at radius 2 is 1.94 bits per heavy atom. The lowest BCUT2D eigenvalue weighted by Gasteiger charge is -2.11. The second kappa shape index (κ2) is 5.07. The molecule has 0 spiro atoms. The molecule has 0 bridgehead atoms. The van der Waals surface area contributed by atoms with Crippen LogP contribution in [0.25, 0.3) is 0 Å². The van der Waals surface area contributed by atoms with Crippen LogP contribution >= 0.6 is 0 Å². The van der Waals surface area contributed by atoms with Crippen LogP contribution in [0.2, 0.25) is 0 Å². The molecule has 1 aromatic carbocycles. The van der Waals surface area contributed by atoms with E-state index in [4.69, 9.17) is 5.11 Å². The Bertz CT molecular complexity index is 483. The van der Waals surface area contributed by atoms with Crippen molar-refractivity contribution < 1.29 is 27.9 Å². The van der Waals surface area contributed by atoms with Crippen molar-refractivity contribution in [3.8, 4) is 0 Å². The summed E-state index contributed by atoms with van der Waals surface area (Å²) < 4.78 is 35.9. The molecule has 18 heavy (non-hydrogen) atoms. The van der Waals surface area contributed by atoms with Crippen molar-refractivity contribution >= 4 is 17.6 Å². The van der Waals surface area contributed by atoms with Gasteiger partial charge in [0.05, 0.1) is 5.56 Å². The van der Waals surface area contributed by atoms with Crippen LogP contribution in [0.3, 0.4) is 0 Å². The second-order valence-corrected chi connectivity index (χ2v) is 3.62. The number of alkyl halides is 3. The van der Waals surface area contributed by atoms with Crippen molar-refractivity contribution in [1.29, 1.82) is 0 Å². The summed E-state index contributed by atoms with van der Waals surface area (Å²) in [7, 11) is 0. The summed E-state index contributed by atoms with van der Waals surface area (Å²) in [5.41, 5.74) is 0.199. The van der Waals surface area contributed by atoms with E-state index in [-0.39, 0.29) is 16.8 Å². The van der Waals surface area contributed by atoms with Gasteiger partial charge in [0.1, 0.15) is 6.42 Å². The van der Waals surface area contributed by atoms with Gasteiger partial charge >= 0.3 is 12.1 Å². The Morgan fingerprint density at radius 3 is 2.44 bits per heavy atom. The predicted molar refractivity (Wildman–Crippen MR) is 57.4 cm³/mol. The number of anilines is 1. The average molecular weight is 261 g/mol. The highest BCUT2D eigenvalue weighted by Gasteiger charge is 2.31. The van der Waals surface area contributed by atoms with Gasteiger partial charge in [-0.1, -0.05) is 6.07 Å². The van der Waals surface area contributed by atoms with Crippen LogP contribution in [-0.2, 0) is 4.79 Å². The summed E-state index contributed by atoms with van der Waals surface area (Å²) in [5, 5.41) is 10.9. The first-order valence-electron chi connectivity index (χ1n) is 4.90. The molecule has 0 aliphatic carbocycles. The molecule has 0 radical (unpaired) electrons. The molecule has 1 amide bonds. The molecule has 98 valence electrons. The number of hydrogen-bond acceptors (Lipinski definition) is 2. The number of nitrogens with one attached hydrogen (secondary N) is 1. The number of carboxylic acids is 1. The lowest BCUT2D eigenvalue weighted by molar-refractivity contribution is -0.150. The van der Waals surface area contributed by atoms with Crippen molar-refractivity contribution in [2.24, 2.45) is 0 Å². The number of hydrogen-bond donors (Lipinski definition) is 2. The normalized spacial score (nSPS) is 11.1. The van der Waals surface area contributed by atoms with E-state index in [2.05, 4.69) is 0 Å². The monoisotopic (exact) mass is 261 g/mol. The summed E-state index contributed by atoms with van der Waals surface area (Å²) in [6.07, 6.45) is -6.20. The van der Waals surface area contributed by atoms with Gasteiger partial charge < -0.3 is 10.4 Å². The lowest BCUT2D eigenvalue weighted by Crippen LogP contribution is -2.21. The largest absolute Gasteiger partial charge is 0.478 e. The van der Waals surface area contributed by atoms with E-state index >= 15 is 0 Å². The minimum atomic E-state index is -4.59. The highest BCUT2D eigenvalue weighted by Crippen LogP contribution is 2.23. The van der Waals surface area contributed by atoms with Gasteiger partial charge in [-0.15, -0.1) is 0 Å². The van der Waals surface area contributed by atoms with Crippen molar-refractivity contribution in [3.63, 3.8) is 0 Å². The first kappa shape index (κ1) is 14.0. The smallest absolute Gasteiger partial charge is 0.397 e. The van der Waals surface area contributed by atoms with E-state index in [9.17, 15) is 22.8 Å². The van der Waals surface area contributed by atoms with Crippen molar-refractivity contribution in [2.75, 3.05) is 5.32 Å². The summed E-state index contributed by atoms with van der Waals surface area (Å²) in [6.45, 7) is 1.41. The van der Waals surface area contributed by atoms with E-state index in [1.165, 1.54) is 25.1 Å². The Labute approximate surface area is 100 Å². The molecule has 0 aliphatic rings. The number of aromatic carboxylic acids is 1. The SMILES string of the molecule is Cc1c(NC(=O)CC(F)(F)F)cccc1C(=O)O. The molecule has 0 aromatic heterocycles. The van der Waals surface area contributed by atoms with Crippen LogP contribution in [0, 0.1) is 6.92 Å². The van der Waals surface area contributed by atoms with Crippen LogP contribution in [0.5, 0.6) is 0 Å². The maximum atomic E-state index is 12.0. The van der Waals surface area contributed by atoms with Crippen LogP contribution < -0.4 is 5.32 Å². The Morgan fingerprint density at radius 1 is 1.33 bits per heavy atom. The minimum Gasteiger partial charge on any atom is -0.478 e. The molecular formula is C11H10F3NO3. The highest BCUT2D eigenvalue weighted by molar-refractivity contribution is 5.96. The van der Waals surface area contributed by atoms with E-state index in [1.807, 2.05) is 5.32 Å². The lowest BCUT2D eigenvalue weighted by atomic mass is 10.1. The molecule has 2 N–H and O–H groups in total. The van der Waals surface area contributed by atoms with Crippen molar-refractivity contribution in [2.45, 2.75) is 19.5 Å². The molecule has 0 heterocycles. The summed E-state index contributed by atoms with van der Waals surface area (Å²) in [6, 6.07) is 3.99. The molecule has 1 aromatic rings. The molecule has 7 heteroatoms. The zero-order valence-electron chi connectivity index (χ0n) is 9.34. The van der Waals surface area contributed by atoms with Crippen LogP contribution in [0.4, 0.5) is 18.9 Å². The number of carbonyl (C=O) groups excluding carboxylic acids is 1. The standard InChI is InChI=1S/C11H10F3NO3/c1-6-7(10(17)18)3-2-4-8(6)15-9(16)5-11(12,13)14/h2-4H,5H2,1H3,(H,15,16)(H,17,18). The Kier molecular flexibility index (Phi) is 3.95. The van der Waals surface area contributed by atoms with E-state index in [1.54, 1.807) is 0 Å². The van der Waals surface area contributed by atoms with Crippen molar-refractivity contribution in [1.82, 2.24) is 0 Å². The quantitative estimate of drug-likeness (QED) is 0.878. The minimum absolute atomic E-state index is 0.0594. The van der Waals surface area contributed by atoms with Crippen LogP contribution in [-0.4, -0.2) is 23.2 Å². The van der Waals surface area contributed by atoms with E-state index in [0.29, 0.717) is 0 Å². The highest BCUT2D eigenvalue weighted by atomic mass is 19.4. The topological polar surface area (TPSA) is 66.4 Å². The molecule has 0 unspecified atom stereocenters. The third kappa shape index (κ3) is 3.76. The zero-order chi connectivity index (χ0) is 13.9. The van der Waals surface area contributed by atoms with Gasteiger partial charge in [-0.3, -0.25) is 4.79 Å². The molecule has 0 saturated carbocycles. The fourth-order valence-corrected chi connectivity index (χ4v) is 1.38. The van der Waals surface area contributed by atoms with Crippen molar-refractivity contribution in [3.05, 3.63) is 29.3 Å². The molecule has 1 rings (SSSR count). The van der Waals surface area contributed by atoms with Crippen LogP contribution in [0.15, 0.2) is 18.2 Å².